The van der Waals surface area contributed by atoms with Crippen LogP contribution in [0.25, 0.3) is 12.2 Å². The zero-order valence-corrected chi connectivity index (χ0v) is 25.8. The number of esters is 1. The molecular formula is C30H34F2N3O9P. The minimum Gasteiger partial charge on any atom is -0.462 e. The molecule has 15 heteroatoms. The van der Waals surface area contributed by atoms with Gasteiger partial charge in [0.15, 0.2) is 11.9 Å². The van der Waals surface area contributed by atoms with Gasteiger partial charge in [0.25, 0.3) is 5.56 Å². The van der Waals surface area contributed by atoms with Gasteiger partial charge >= 0.3 is 19.4 Å². The lowest BCUT2D eigenvalue weighted by molar-refractivity contribution is -0.149. The molecule has 0 spiro atoms. The highest BCUT2D eigenvalue weighted by atomic mass is 31.2. The number of carbonyl (C=O) groups excluding carboxylic acids is 1. The predicted molar refractivity (Wildman–Crippen MR) is 161 cm³/mol. The maximum absolute atomic E-state index is 15.6. The lowest BCUT2D eigenvalue weighted by atomic mass is 9.98. The average molecular weight is 650 g/mol. The summed E-state index contributed by atoms with van der Waals surface area (Å²) in [5.41, 5.74) is -2.69. The number of carbonyl (C=O) groups is 1. The Balaban J connectivity index is 1.52. The maximum Gasteiger partial charge on any atom is 0.459 e. The molecule has 6 atom stereocenters. The quantitative estimate of drug-likeness (QED) is 0.149. The number of hydrogen-bond donors (Lipinski definition) is 3. The SMILES string of the molecule is CC(C)OC(=O)[C@H](C)NP(=O)(OC[C@H]1O[C@@H](n2ccc(=O)[nH]c2=O)[C@](C)(F)[C@@H]1O)Oc1ccc(/C=C/c2ccc(F)cc2)cc1. The Morgan fingerprint density at radius 2 is 1.71 bits per heavy atom. The van der Waals surface area contributed by atoms with E-state index in [1.54, 1.807) is 50.3 Å². The first-order valence-corrected chi connectivity index (χ1v) is 15.5. The predicted octanol–water partition coefficient (Wildman–Crippen LogP) is 3.97. The molecule has 1 fully saturated rings. The topological polar surface area (TPSA) is 158 Å². The molecular weight excluding hydrogens is 615 g/mol. The minimum atomic E-state index is -4.44. The van der Waals surface area contributed by atoms with Crippen molar-refractivity contribution in [2.24, 2.45) is 0 Å². The number of halogens is 2. The van der Waals surface area contributed by atoms with Crippen LogP contribution in [0.4, 0.5) is 8.78 Å². The van der Waals surface area contributed by atoms with Crippen LogP contribution in [0, 0.1) is 5.82 Å². The Morgan fingerprint density at radius 1 is 1.11 bits per heavy atom. The second-order valence-electron chi connectivity index (χ2n) is 10.8. The number of aliphatic hydroxyl groups is 1. The van der Waals surface area contributed by atoms with E-state index in [0.29, 0.717) is 0 Å². The fourth-order valence-electron chi connectivity index (χ4n) is 4.39. The fourth-order valence-corrected chi connectivity index (χ4v) is 5.90. The molecule has 12 nitrogen and oxygen atoms in total. The van der Waals surface area contributed by atoms with Crippen LogP contribution in [0.15, 0.2) is 70.4 Å². The van der Waals surface area contributed by atoms with Crippen LogP contribution in [0.5, 0.6) is 5.75 Å². The molecule has 0 saturated carbocycles. The van der Waals surface area contributed by atoms with Crippen molar-refractivity contribution >= 4 is 25.9 Å². The van der Waals surface area contributed by atoms with Crippen LogP contribution in [-0.4, -0.2) is 57.3 Å². The van der Waals surface area contributed by atoms with Crippen LogP contribution in [0.1, 0.15) is 45.0 Å². The van der Waals surface area contributed by atoms with Gasteiger partial charge in [-0.15, -0.1) is 0 Å². The van der Waals surface area contributed by atoms with E-state index in [1.165, 1.54) is 31.2 Å². The number of alkyl halides is 1. The first-order chi connectivity index (χ1) is 21.2. The molecule has 45 heavy (non-hydrogen) atoms. The van der Waals surface area contributed by atoms with E-state index in [0.717, 1.165) is 34.9 Å². The highest BCUT2D eigenvalue weighted by molar-refractivity contribution is 7.52. The van der Waals surface area contributed by atoms with E-state index in [-0.39, 0.29) is 11.6 Å². The lowest BCUT2D eigenvalue weighted by Crippen LogP contribution is -2.43. The summed E-state index contributed by atoms with van der Waals surface area (Å²) in [5, 5.41) is 13.2. The van der Waals surface area contributed by atoms with E-state index >= 15 is 4.39 Å². The van der Waals surface area contributed by atoms with Gasteiger partial charge in [0.05, 0.1) is 12.7 Å². The number of nitrogens with one attached hydrogen (secondary N) is 2. The Hall–Kier alpha value is -3.94. The van der Waals surface area contributed by atoms with Crippen molar-refractivity contribution in [2.45, 2.75) is 63.9 Å². The van der Waals surface area contributed by atoms with Crippen LogP contribution in [0.2, 0.25) is 0 Å². The smallest absolute Gasteiger partial charge is 0.459 e. The Morgan fingerprint density at radius 3 is 2.29 bits per heavy atom. The monoisotopic (exact) mass is 649 g/mol. The van der Waals surface area contributed by atoms with Crippen molar-refractivity contribution in [1.29, 1.82) is 0 Å². The Kier molecular flexibility index (Phi) is 10.6. The van der Waals surface area contributed by atoms with Crippen LogP contribution in [-0.2, 0) is 23.4 Å². The van der Waals surface area contributed by atoms with Gasteiger partial charge in [0.1, 0.15) is 29.8 Å². The van der Waals surface area contributed by atoms with Gasteiger partial charge in [0.2, 0.25) is 0 Å². The maximum atomic E-state index is 15.6. The molecule has 0 amide bonds. The minimum absolute atomic E-state index is 0.0788. The normalized spacial score (nSPS) is 23.6. The lowest BCUT2D eigenvalue weighted by Gasteiger charge is -2.25. The van der Waals surface area contributed by atoms with Gasteiger partial charge in [-0.3, -0.25) is 23.7 Å². The summed E-state index contributed by atoms with van der Waals surface area (Å²) >= 11 is 0. The first kappa shape index (κ1) is 33.9. The number of hydrogen-bond acceptors (Lipinski definition) is 9. The Labute approximate surface area is 257 Å². The summed E-state index contributed by atoms with van der Waals surface area (Å²) in [4.78, 5) is 38.2. The summed E-state index contributed by atoms with van der Waals surface area (Å²) < 4.78 is 65.5. The largest absolute Gasteiger partial charge is 0.462 e. The third kappa shape index (κ3) is 8.62. The molecule has 0 aliphatic carbocycles. The number of rotatable bonds is 12. The van der Waals surface area contributed by atoms with E-state index in [1.807, 2.05) is 4.98 Å². The van der Waals surface area contributed by atoms with Crippen molar-refractivity contribution in [1.82, 2.24) is 14.6 Å². The summed E-state index contributed by atoms with van der Waals surface area (Å²) in [5.74, 6) is -1.02. The number of nitrogens with zero attached hydrogens (tertiary/aromatic N) is 1. The second-order valence-corrected chi connectivity index (χ2v) is 12.5. The van der Waals surface area contributed by atoms with E-state index < -0.39 is 67.8 Å². The zero-order chi connectivity index (χ0) is 32.9. The Bertz CT molecular complexity index is 1670. The molecule has 2 heterocycles. The molecule has 1 aliphatic rings. The van der Waals surface area contributed by atoms with Gasteiger partial charge in [0, 0.05) is 12.3 Å². The molecule has 3 aromatic rings. The van der Waals surface area contributed by atoms with Crippen molar-refractivity contribution < 1.29 is 41.8 Å². The van der Waals surface area contributed by atoms with Crippen molar-refractivity contribution in [3.63, 3.8) is 0 Å². The third-order valence-electron chi connectivity index (χ3n) is 6.73. The van der Waals surface area contributed by atoms with Crippen molar-refractivity contribution in [2.75, 3.05) is 6.61 Å². The van der Waals surface area contributed by atoms with E-state index in [2.05, 4.69) is 5.09 Å². The average Bonchev–Trinajstić information content (AvgIpc) is 3.19. The molecule has 1 aliphatic heterocycles. The molecule has 3 N–H and O–H groups in total. The van der Waals surface area contributed by atoms with E-state index in [4.69, 9.17) is 18.5 Å². The molecule has 242 valence electrons. The molecule has 1 aromatic heterocycles. The number of aliphatic hydroxyl groups excluding tert-OH is 1. The molecule has 1 unspecified atom stereocenters. The van der Waals surface area contributed by atoms with Crippen LogP contribution in [0.3, 0.4) is 0 Å². The number of aromatic nitrogens is 2. The van der Waals surface area contributed by atoms with Gasteiger partial charge in [-0.1, -0.05) is 36.4 Å². The summed E-state index contributed by atoms with van der Waals surface area (Å²) in [7, 11) is -4.44. The zero-order valence-electron chi connectivity index (χ0n) is 24.9. The summed E-state index contributed by atoms with van der Waals surface area (Å²) in [6.07, 6.45) is -0.857. The van der Waals surface area contributed by atoms with Gasteiger partial charge in [-0.05, 0) is 63.1 Å². The molecule has 0 bridgehead atoms. The number of benzene rings is 2. The standard InChI is InChI=1S/C30H34F2N3O9P/c1-18(2)42-27(38)19(3)34-45(40,44-23-13-9-21(10-14-23)6-5-20-7-11-22(31)12-8-20)41-17-24-26(37)30(4,32)28(43-24)35-16-15-25(36)33-29(35)39/h5-16,18-19,24,26,28,37H,17H2,1-4H3,(H,34,40)(H,33,36,39)/b6-5+/t19-,24+,26+,28+,30+,45?/m0/s1. The highest BCUT2D eigenvalue weighted by Crippen LogP contribution is 2.47. The van der Waals surface area contributed by atoms with Gasteiger partial charge in [-0.25, -0.2) is 18.1 Å². The first-order valence-electron chi connectivity index (χ1n) is 14.0. The number of H-pyrrole nitrogens is 1. The second kappa shape index (κ2) is 14.0. The van der Waals surface area contributed by atoms with Crippen LogP contribution >= 0.6 is 7.75 Å². The summed E-state index contributed by atoms with van der Waals surface area (Å²) in [6.45, 7) is 4.97. The fraction of sp³-hybridized carbons (Fsp3) is 0.367. The van der Waals surface area contributed by atoms with Gasteiger partial charge in [-0.2, -0.15) is 5.09 Å². The molecule has 2 aromatic carbocycles. The van der Waals surface area contributed by atoms with Crippen LogP contribution < -0.4 is 20.9 Å². The van der Waals surface area contributed by atoms with E-state index in [9.17, 15) is 28.4 Å². The van der Waals surface area contributed by atoms with Gasteiger partial charge < -0.3 is 19.1 Å². The molecule has 4 rings (SSSR count). The van der Waals surface area contributed by atoms with Crippen molar-refractivity contribution in [3.05, 3.63) is 98.6 Å². The molecule has 0 radical (unpaired) electrons. The highest BCUT2D eigenvalue weighted by Gasteiger charge is 2.56. The van der Waals surface area contributed by atoms with Crippen molar-refractivity contribution in [3.8, 4) is 5.75 Å². The summed E-state index contributed by atoms with van der Waals surface area (Å²) in [6, 6.07) is 12.0. The number of aromatic amines is 1. The number of ether oxygens (including phenoxy) is 2. The molecule has 1 saturated heterocycles. The third-order valence-corrected chi connectivity index (χ3v) is 8.37.